The van der Waals surface area contributed by atoms with Gasteiger partial charge in [-0.25, -0.2) is 0 Å². The Balaban J connectivity index is 1.67. The number of para-hydroxylation sites is 1. The summed E-state index contributed by atoms with van der Waals surface area (Å²) in [7, 11) is 1.64. The molecule has 5 heteroatoms. The van der Waals surface area contributed by atoms with E-state index < -0.39 is 0 Å². The Bertz CT molecular complexity index is 685. The molecule has 0 aromatic heterocycles. The summed E-state index contributed by atoms with van der Waals surface area (Å²) in [6.45, 7) is 3.97. The number of rotatable bonds is 10. The quantitative estimate of drug-likeness (QED) is 0.382. The van der Waals surface area contributed by atoms with Gasteiger partial charge in [0, 0.05) is 0 Å². The second kappa shape index (κ2) is 11.0. The van der Waals surface area contributed by atoms with Crippen LogP contribution < -0.4 is 14.2 Å². The van der Waals surface area contributed by atoms with E-state index in [1.807, 2.05) is 61.5 Å². The molecule has 0 amide bonds. The Kier molecular flexibility index (Phi) is 8.62. The van der Waals surface area contributed by atoms with Crippen LogP contribution in [-0.4, -0.2) is 33.5 Å². The fourth-order valence-corrected chi connectivity index (χ4v) is 2.73. The molecule has 0 unspecified atom stereocenters. The zero-order chi connectivity index (χ0) is 17.9. The maximum Gasteiger partial charge on any atom is 0.161 e. The fourth-order valence-electron chi connectivity index (χ4n) is 2.18. The second-order valence-electron chi connectivity index (χ2n) is 5.15. The molecule has 2 aromatic carbocycles. The first-order valence-electron chi connectivity index (χ1n) is 8.13. The minimum absolute atomic E-state index is 0.461. The first kappa shape index (κ1) is 19.6. The fraction of sp³-hybridized carbons (Fsp3) is 0.300. The Hall–Kier alpha value is -1.73. The van der Waals surface area contributed by atoms with Crippen molar-refractivity contribution in [2.45, 2.75) is 6.92 Å². The summed E-state index contributed by atoms with van der Waals surface area (Å²) >= 11 is 2.25. The van der Waals surface area contributed by atoms with Gasteiger partial charge in [-0.1, -0.05) is 30.4 Å². The molecule has 0 aliphatic carbocycles. The molecule has 2 rings (SSSR count). The minimum Gasteiger partial charge on any atom is -0.493 e. The first-order valence-corrected chi connectivity index (χ1v) is 9.21. The van der Waals surface area contributed by atoms with Gasteiger partial charge in [0.2, 0.25) is 0 Å². The molecule has 0 aliphatic rings. The second-order valence-corrected chi connectivity index (χ2v) is 6.31. The van der Waals surface area contributed by atoms with Crippen LogP contribution in [0.25, 0.3) is 6.08 Å². The third-order valence-electron chi connectivity index (χ3n) is 3.35. The average molecular weight is 454 g/mol. The van der Waals surface area contributed by atoms with Gasteiger partial charge in [-0.15, -0.1) is 0 Å². The third-order valence-corrected chi connectivity index (χ3v) is 4.25. The summed E-state index contributed by atoms with van der Waals surface area (Å²) in [5, 5.41) is 0. The molecule has 0 spiro atoms. The van der Waals surface area contributed by atoms with Crippen molar-refractivity contribution in [3.05, 3.63) is 57.7 Å². The summed E-state index contributed by atoms with van der Waals surface area (Å²) in [6.07, 6.45) is 4.00. The Morgan fingerprint density at radius 3 is 2.28 bits per heavy atom. The summed E-state index contributed by atoms with van der Waals surface area (Å²) in [4.78, 5) is 0. The molecule has 0 saturated heterocycles. The molecule has 0 atom stereocenters. The maximum atomic E-state index is 5.73. The Labute approximate surface area is 162 Å². The molecular weight excluding hydrogens is 431 g/mol. The number of halogens is 1. The predicted octanol–water partition coefficient (Wildman–Crippen LogP) is 4.81. The van der Waals surface area contributed by atoms with E-state index in [1.54, 1.807) is 7.11 Å². The van der Waals surface area contributed by atoms with Crippen LogP contribution in [0, 0.1) is 3.57 Å². The van der Waals surface area contributed by atoms with E-state index in [0.717, 1.165) is 26.4 Å². The van der Waals surface area contributed by atoms with Crippen LogP contribution in [0.1, 0.15) is 12.5 Å². The van der Waals surface area contributed by atoms with Gasteiger partial charge in [0.05, 0.1) is 23.9 Å². The zero-order valence-electron chi connectivity index (χ0n) is 14.5. The lowest BCUT2D eigenvalue weighted by Gasteiger charge is -2.12. The van der Waals surface area contributed by atoms with Gasteiger partial charge in [-0.2, -0.15) is 0 Å². The van der Waals surface area contributed by atoms with Crippen LogP contribution in [0.5, 0.6) is 17.2 Å². The van der Waals surface area contributed by atoms with Gasteiger partial charge in [0.25, 0.3) is 0 Å². The van der Waals surface area contributed by atoms with Crippen molar-refractivity contribution in [3.63, 3.8) is 0 Å². The highest BCUT2D eigenvalue weighted by Gasteiger charge is 2.05. The monoisotopic (exact) mass is 454 g/mol. The van der Waals surface area contributed by atoms with Gasteiger partial charge in [0.15, 0.2) is 11.5 Å². The van der Waals surface area contributed by atoms with Crippen LogP contribution in [0.2, 0.25) is 0 Å². The minimum atomic E-state index is 0.461. The standard InChI is InChI=1S/C20H23IO4/c1-3-6-16-9-10-19(20(15-16)22-2)25-14-12-23-11-13-24-18-8-5-4-7-17(18)21/h3-10,15H,11-14H2,1-2H3/b6-3+. The van der Waals surface area contributed by atoms with E-state index in [1.165, 1.54) is 0 Å². The van der Waals surface area contributed by atoms with Gasteiger partial charge in [-0.05, 0) is 59.3 Å². The lowest BCUT2D eigenvalue weighted by atomic mass is 10.2. The summed E-state index contributed by atoms with van der Waals surface area (Å²) in [5.74, 6) is 2.32. The summed E-state index contributed by atoms with van der Waals surface area (Å²) < 4.78 is 23.4. The lowest BCUT2D eigenvalue weighted by Crippen LogP contribution is -2.12. The largest absolute Gasteiger partial charge is 0.493 e. The van der Waals surface area contributed by atoms with Gasteiger partial charge < -0.3 is 18.9 Å². The molecule has 2 aromatic rings. The van der Waals surface area contributed by atoms with Crippen LogP contribution in [0.15, 0.2) is 48.5 Å². The molecule has 0 N–H and O–H groups in total. The topological polar surface area (TPSA) is 36.9 Å². The van der Waals surface area contributed by atoms with Crippen LogP contribution in [0.3, 0.4) is 0 Å². The average Bonchev–Trinajstić information content (AvgIpc) is 2.63. The lowest BCUT2D eigenvalue weighted by molar-refractivity contribution is 0.0755. The normalized spacial score (nSPS) is 10.8. The summed E-state index contributed by atoms with van der Waals surface area (Å²) in [5.41, 5.74) is 1.08. The molecule has 0 aliphatic heterocycles. The molecule has 0 bridgehead atoms. The molecule has 134 valence electrons. The number of hydrogen-bond acceptors (Lipinski definition) is 4. The SMILES string of the molecule is C/C=C/c1ccc(OCCOCCOc2ccccc2I)c(OC)c1. The van der Waals surface area contributed by atoms with E-state index in [2.05, 4.69) is 22.6 Å². The Morgan fingerprint density at radius 1 is 0.880 bits per heavy atom. The van der Waals surface area contributed by atoms with Crippen molar-refractivity contribution >= 4 is 28.7 Å². The number of ether oxygens (including phenoxy) is 4. The zero-order valence-corrected chi connectivity index (χ0v) is 16.7. The van der Waals surface area contributed by atoms with E-state index in [-0.39, 0.29) is 0 Å². The number of benzene rings is 2. The molecule has 0 fully saturated rings. The van der Waals surface area contributed by atoms with Crippen molar-refractivity contribution in [1.82, 2.24) is 0 Å². The van der Waals surface area contributed by atoms with Crippen LogP contribution in [-0.2, 0) is 4.74 Å². The van der Waals surface area contributed by atoms with E-state index >= 15 is 0 Å². The van der Waals surface area contributed by atoms with Crippen molar-refractivity contribution in [2.75, 3.05) is 33.5 Å². The van der Waals surface area contributed by atoms with Crippen LogP contribution in [0.4, 0.5) is 0 Å². The highest BCUT2D eigenvalue weighted by Crippen LogP contribution is 2.28. The van der Waals surface area contributed by atoms with Crippen LogP contribution >= 0.6 is 22.6 Å². The number of allylic oxidation sites excluding steroid dienone is 1. The molecular formula is C20H23IO4. The first-order chi connectivity index (χ1) is 12.2. The van der Waals surface area contributed by atoms with Gasteiger partial charge in [-0.3, -0.25) is 0 Å². The number of methoxy groups -OCH3 is 1. The maximum absolute atomic E-state index is 5.73. The summed E-state index contributed by atoms with van der Waals surface area (Å²) in [6, 6.07) is 13.8. The highest BCUT2D eigenvalue weighted by atomic mass is 127. The molecule has 0 saturated carbocycles. The highest BCUT2D eigenvalue weighted by molar-refractivity contribution is 14.1. The molecule has 25 heavy (non-hydrogen) atoms. The van der Waals surface area contributed by atoms with Crippen molar-refractivity contribution < 1.29 is 18.9 Å². The molecule has 0 heterocycles. The number of hydrogen-bond donors (Lipinski definition) is 0. The Morgan fingerprint density at radius 2 is 1.60 bits per heavy atom. The van der Waals surface area contributed by atoms with E-state index in [9.17, 15) is 0 Å². The van der Waals surface area contributed by atoms with Crippen molar-refractivity contribution in [1.29, 1.82) is 0 Å². The van der Waals surface area contributed by atoms with Crippen molar-refractivity contribution in [2.24, 2.45) is 0 Å². The van der Waals surface area contributed by atoms with E-state index in [4.69, 9.17) is 18.9 Å². The third kappa shape index (κ3) is 6.59. The molecule has 0 radical (unpaired) electrons. The molecule has 4 nitrogen and oxygen atoms in total. The van der Waals surface area contributed by atoms with E-state index in [0.29, 0.717) is 26.4 Å². The predicted molar refractivity (Wildman–Crippen MR) is 109 cm³/mol. The van der Waals surface area contributed by atoms with Gasteiger partial charge >= 0.3 is 0 Å². The van der Waals surface area contributed by atoms with Gasteiger partial charge in [0.1, 0.15) is 19.0 Å². The van der Waals surface area contributed by atoms with Crippen molar-refractivity contribution in [3.8, 4) is 17.2 Å². The smallest absolute Gasteiger partial charge is 0.161 e.